The van der Waals surface area contributed by atoms with Crippen LogP contribution in [0.25, 0.3) is 84.2 Å². The molecule has 1 aliphatic heterocycles. The highest BCUT2D eigenvalue weighted by molar-refractivity contribution is 6.09. The number of fused-ring (bicyclic) bond motifs is 6. The third-order valence-corrected chi connectivity index (χ3v) is 13.0. The van der Waals surface area contributed by atoms with E-state index in [2.05, 4.69) is 202 Å². The molecular weight excluding hydrogens is 765 g/mol. The number of terminal acetylenes is 1. The predicted octanol–water partition coefficient (Wildman–Crippen LogP) is 12.7. The Hall–Kier alpha value is -8.13. The zero-order valence-electron chi connectivity index (χ0n) is 34.7. The molecule has 7 aromatic carbocycles. The van der Waals surface area contributed by atoms with Gasteiger partial charge in [0.2, 0.25) is 0 Å². The SMILES string of the molecule is C#C/C=c1/c2c(n(-c3ccc(-c4cccc5cccnc45)cc3)/c1=C1/Cc3ccccc3N1c1ccc(-c3ccc(-n4c5ccccc5c5ccccc54)cc3)cc1)CCCC=C2. The van der Waals surface area contributed by atoms with Crippen molar-refractivity contribution in [1.82, 2.24) is 14.1 Å². The second kappa shape index (κ2) is 15.1. The fraction of sp³-hybridized carbons (Fsp3) is 0.0678. The summed E-state index contributed by atoms with van der Waals surface area (Å²) in [5.74, 6) is 2.95. The van der Waals surface area contributed by atoms with Crippen LogP contribution in [0.4, 0.5) is 11.4 Å². The number of hydrogen-bond acceptors (Lipinski definition) is 2. The van der Waals surface area contributed by atoms with Crippen molar-refractivity contribution >= 4 is 61.9 Å². The van der Waals surface area contributed by atoms with Gasteiger partial charge in [0.1, 0.15) is 0 Å². The largest absolute Gasteiger partial charge is 0.311 e. The fourth-order valence-electron chi connectivity index (χ4n) is 10.2. The standard InChI is InChI=1S/C59H42N4/c1-2-14-52-51-18-4-3-5-23-56(51)63(47-36-30-42(31-37-47)48-21-12-16-43-17-13-38-60-58(43)48)59(52)57-39-44-15-6-9-22-53(44)61(57)45-32-26-40(27-33-45)41-28-34-46(35-29-41)62-54-24-10-7-19-49(54)50-20-8-11-25-55(50)62/h1,4,6-22,24-38H,3,5,23,39H2/b52-14-,59-57-. The number of aromatic nitrogens is 3. The lowest BCUT2D eigenvalue weighted by atomic mass is 10.0. The van der Waals surface area contributed by atoms with Gasteiger partial charge in [-0.3, -0.25) is 4.98 Å². The second-order valence-electron chi connectivity index (χ2n) is 16.5. The smallest absolute Gasteiger partial charge is 0.0780 e. The summed E-state index contributed by atoms with van der Waals surface area (Å²) >= 11 is 0. The first-order chi connectivity index (χ1) is 31.2. The Morgan fingerprint density at radius 3 is 1.95 bits per heavy atom. The maximum atomic E-state index is 6.20. The van der Waals surface area contributed by atoms with Gasteiger partial charge < -0.3 is 14.0 Å². The average molecular weight is 807 g/mol. The molecule has 3 aromatic heterocycles. The molecule has 0 bridgehead atoms. The highest BCUT2D eigenvalue weighted by Crippen LogP contribution is 2.42. The lowest BCUT2D eigenvalue weighted by Crippen LogP contribution is -2.36. The summed E-state index contributed by atoms with van der Waals surface area (Å²) in [6.07, 6.45) is 18.5. The molecule has 4 heteroatoms. The Bertz CT molecular complexity index is 3560. The van der Waals surface area contributed by atoms with E-state index in [1.807, 2.05) is 18.3 Å². The van der Waals surface area contributed by atoms with Crippen LogP contribution in [0.1, 0.15) is 29.7 Å². The molecule has 0 unspecified atom stereocenters. The minimum atomic E-state index is 0.778. The molecule has 1 aliphatic carbocycles. The van der Waals surface area contributed by atoms with Gasteiger partial charge in [-0.2, -0.15) is 0 Å². The van der Waals surface area contributed by atoms with Crippen LogP contribution in [-0.2, 0) is 12.8 Å². The Labute approximate surface area is 366 Å². The van der Waals surface area contributed by atoms with Crippen molar-refractivity contribution in [2.45, 2.75) is 25.7 Å². The molecule has 0 atom stereocenters. The molecule has 0 saturated carbocycles. The number of hydrogen-bond donors (Lipinski definition) is 0. The molecular formula is C59H42N4. The van der Waals surface area contributed by atoms with Gasteiger partial charge >= 0.3 is 0 Å². The van der Waals surface area contributed by atoms with E-state index in [0.717, 1.165) is 75.3 Å². The molecule has 0 saturated heterocycles. The third kappa shape index (κ3) is 6.04. The van der Waals surface area contributed by atoms with Gasteiger partial charge in [-0.25, -0.2) is 0 Å². The summed E-state index contributed by atoms with van der Waals surface area (Å²) in [4.78, 5) is 7.22. The first-order valence-electron chi connectivity index (χ1n) is 21.8. The van der Waals surface area contributed by atoms with Gasteiger partial charge in [0.05, 0.1) is 27.6 Å². The monoisotopic (exact) mass is 806 g/mol. The van der Waals surface area contributed by atoms with Crippen LogP contribution in [0.3, 0.4) is 0 Å². The van der Waals surface area contributed by atoms with E-state index < -0.39 is 0 Å². The lowest BCUT2D eigenvalue weighted by Gasteiger charge is -2.23. The molecule has 4 heterocycles. The van der Waals surface area contributed by atoms with Gasteiger partial charge in [-0.05, 0) is 108 Å². The quantitative estimate of drug-likeness (QED) is 0.162. The molecule has 2 aliphatic rings. The van der Waals surface area contributed by atoms with Gasteiger partial charge in [0.15, 0.2) is 0 Å². The molecule has 0 N–H and O–H groups in total. The zero-order chi connectivity index (χ0) is 41.9. The van der Waals surface area contributed by atoms with Gasteiger partial charge in [-0.15, -0.1) is 6.42 Å². The fourth-order valence-corrected chi connectivity index (χ4v) is 10.2. The Morgan fingerprint density at radius 1 is 0.587 bits per heavy atom. The van der Waals surface area contributed by atoms with Crippen molar-refractivity contribution in [3.63, 3.8) is 0 Å². The molecule has 0 spiro atoms. The summed E-state index contributed by atoms with van der Waals surface area (Å²) in [7, 11) is 0. The maximum absolute atomic E-state index is 6.20. The number of rotatable bonds is 5. The molecule has 298 valence electrons. The van der Waals surface area contributed by atoms with E-state index in [1.54, 1.807) is 0 Å². The molecule has 4 nitrogen and oxygen atoms in total. The lowest BCUT2D eigenvalue weighted by molar-refractivity contribution is 0.792. The van der Waals surface area contributed by atoms with Gasteiger partial charge in [0.25, 0.3) is 0 Å². The highest BCUT2D eigenvalue weighted by atomic mass is 15.2. The normalized spacial score (nSPS) is 14.6. The Kier molecular flexibility index (Phi) is 8.79. The summed E-state index contributed by atoms with van der Waals surface area (Å²) in [6, 6.07) is 63.7. The minimum Gasteiger partial charge on any atom is -0.311 e. The molecule has 12 rings (SSSR count). The molecule has 0 fully saturated rings. The van der Waals surface area contributed by atoms with Crippen molar-refractivity contribution in [2.75, 3.05) is 4.90 Å². The van der Waals surface area contributed by atoms with Crippen LogP contribution in [0, 0.1) is 12.3 Å². The molecule has 10 aromatic rings. The Morgan fingerprint density at radius 2 is 1.22 bits per heavy atom. The van der Waals surface area contributed by atoms with E-state index in [4.69, 9.17) is 11.4 Å². The van der Waals surface area contributed by atoms with Gasteiger partial charge in [-0.1, -0.05) is 133 Å². The highest BCUT2D eigenvalue weighted by Gasteiger charge is 2.29. The topological polar surface area (TPSA) is 26.0 Å². The van der Waals surface area contributed by atoms with E-state index in [0.29, 0.717) is 0 Å². The van der Waals surface area contributed by atoms with E-state index in [-0.39, 0.29) is 0 Å². The third-order valence-electron chi connectivity index (χ3n) is 13.0. The summed E-state index contributed by atoms with van der Waals surface area (Å²) in [5, 5.41) is 5.91. The van der Waals surface area contributed by atoms with Crippen LogP contribution in [0.15, 0.2) is 188 Å². The number of nitrogens with zero attached hydrogens (tertiary/aromatic N) is 4. The van der Waals surface area contributed by atoms with Crippen LogP contribution in [-0.4, -0.2) is 14.1 Å². The summed E-state index contributed by atoms with van der Waals surface area (Å²) < 4.78 is 4.87. The van der Waals surface area contributed by atoms with E-state index >= 15 is 0 Å². The van der Waals surface area contributed by atoms with Crippen molar-refractivity contribution in [2.24, 2.45) is 0 Å². The van der Waals surface area contributed by atoms with Crippen LogP contribution in [0.5, 0.6) is 0 Å². The van der Waals surface area contributed by atoms with Crippen LogP contribution >= 0.6 is 0 Å². The zero-order valence-corrected chi connectivity index (χ0v) is 34.7. The molecule has 0 amide bonds. The van der Waals surface area contributed by atoms with E-state index in [1.165, 1.54) is 61.1 Å². The summed E-state index contributed by atoms with van der Waals surface area (Å²) in [5.41, 5.74) is 17.6. The number of para-hydroxylation sites is 4. The number of benzene rings is 7. The van der Waals surface area contributed by atoms with Crippen molar-refractivity contribution in [1.29, 1.82) is 0 Å². The van der Waals surface area contributed by atoms with Crippen molar-refractivity contribution < 1.29 is 0 Å². The van der Waals surface area contributed by atoms with Crippen molar-refractivity contribution in [3.05, 3.63) is 216 Å². The minimum absolute atomic E-state index is 0.778. The second-order valence-corrected chi connectivity index (χ2v) is 16.5. The van der Waals surface area contributed by atoms with Crippen molar-refractivity contribution in [3.8, 4) is 46.0 Å². The molecule has 63 heavy (non-hydrogen) atoms. The van der Waals surface area contributed by atoms with E-state index in [9.17, 15) is 0 Å². The van der Waals surface area contributed by atoms with Gasteiger partial charge in [0, 0.05) is 73.6 Å². The number of anilines is 2. The molecule has 0 radical (unpaired) electrons. The number of allylic oxidation sites excluding steroid dienone is 1. The first-order valence-corrected chi connectivity index (χ1v) is 21.8. The Balaban J connectivity index is 0.985. The average Bonchev–Trinajstić information content (AvgIpc) is 3.91. The predicted molar refractivity (Wildman–Crippen MR) is 263 cm³/mol. The van der Waals surface area contributed by atoms with Crippen LogP contribution in [0.2, 0.25) is 0 Å². The maximum Gasteiger partial charge on any atom is 0.0780 e. The van der Waals surface area contributed by atoms with Crippen LogP contribution < -0.4 is 15.5 Å². The first kappa shape index (κ1) is 36.7. The number of pyridine rings is 1. The summed E-state index contributed by atoms with van der Waals surface area (Å²) in [6.45, 7) is 0.